The molecule has 0 saturated heterocycles. The van der Waals surface area contributed by atoms with Crippen molar-refractivity contribution in [2.75, 3.05) is 7.11 Å². The van der Waals surface area contributed by atoms with Crippen LogP contribution in [0.1, 0.15) is 12.6 Å². The second-order valence-corrected chi connectivity index (χ2v) is 4.37. The van der Waals surface area contributed by atoms with Crippen LogP contribution in [0.25, 0.3) is 10.9 Å². The van der Waals surface area contributed by atoms with Crippen molar-refractivity contribution in [3.05, 3.63) is 38.6 Å². The summed E-state index contributed by atoms with van der Waals surface area (Å²) >= 11 is 3.38. The molecule has 0 bridgehead atoms. The van der Waals surface area contributed by atoms with Gasteiger partial charge in [-0.1, -0.05) is 6.92 Å². The van der Waals surface area contributed by atoms with Gasteiger partial charge in [-0.2, -0.15) is 0 Å². The second kappa shape index (κ2) is 4.29. The van der Waals surface area contributed by atoms with E-state index in [-0.39, 0.29) is 5.43 Å². The van der Waals surface area contributed by atoms with E-state index in [0.29, 0.717) is 11.1 Å². The summed E-state index contributed by atoms with van der Waals surface area (Å²) < 4.78 is 6.03. The van der Waals surface area contributed by atoms with Crippen LogP contribution in [-0.2, 0) is 6.42 Å². The van der Waals surface area contributed by atoms with Crippen molar-refractivity contribution in [1.29, 1.82) is 0 Å². The van der Waals surface area contributed by atoms with Crippen LogP contribution < -0.4 is 10.2 Å². The third-order valence-corrected chi connectivity index (χ3v) is 3.22. The molecule has 3 nitrogen and oxygen atoms in total. The van der Waals surface area contributed by atoms with E-state index in [1.165, 1.54) is 0 Å². The van der Waals surface area contributed by atoms with Gasteiger partial charge in [0.15, 0.2) is 5.43 Å². The molecule has 2 aromatic rings. The largest absolute Gasteiger partial charge is 0.495 e. The first kappa shape index (κ1) is 11.2. The van der Waals surface area contributed by atoms with Gasteiger partial charge in [0.05, 0.1) is 18.0 Å². The van der Waals surface area contributed by atoms with Crippen LogP contribution in [-0.4, -0.2) is 12.1 Å². The van der Waals surface area contributed by atoms with E-state index in [1.54, 1.807) is 13.2 Å². The third kappa shape index (κ3) is 1.73. The van der Waals surface area contributed by atoms with Gasteiger partial charge in [0.25, 0.3) is 0 Å². The molecule has 0 atom stereocenters. The lowest BCUT2D eigenvalue weighted by atomic mass is 10.1. The van der Waals surface area contributed by atoms with Gasteiger partial charge in [-0.15, -0.1) is 0 Å². The quantitative estimate of drug-likeness (QED) is 0.920. The number of hydrogen-bond donors (Lipinski definition) is 1. The minimum Gasteiger partial charge on any atom is -0.495 e. The van der Waals surface area contributed by atoms with Crippen molar-refractivity contribution in [1.82, 2.24) is 4.98 Å². The molecule has 1 N–H and O–H groups in total. The number of fused-ring (bicyclic) bond motifs is 1. The third-order valence-electron chi connectivity index (χ3n) is 2.55. The summed E-state index contributed by atoms with van der Waals surface area (Å²) in [4.78, 5) is 15.2. The van der Waals surface area contributed by atoms with Crippen molar-refractivity contribution < 1.29 is 4.74 Å². The average Bonchev–Trinajstić information content (AvgIpc) is 2.28. The minimum absolute atomic E-state index is 0.0105. The number of halogens is 1. The molecule has 0 spiro atoms. The number of benzene rings is 1. The van der Waals surface area contributed by atoms with E-state index in [2.05, 4.69) is 20.9 Å². The second-order valence-electron chi connectivity index (χ2n) is 3.51. The molecular formula is C12H12BrNO2. The normalized spacial score (nSPS) is 10.7. The maximum Gasteiger partial charge on any atom is 0.190 e. The molecule has 84 valence electrons. The van der Waals surface area contributed by atoms with E-state index in [0.717, 1.165) is 22.1 Å². The number of rotatable bonds is 2. The predicted octanol–water partition coefficient (Wildman–Crippen LogP) is 2.86. The maximum absolute atomic E-state index is 11.9. The lowest BCUT2D eigenvalue weighted by Crippen LogP contribution is -2.06. The molecule has 0 amide bonds. The molecule has 16 heavy (non-hydrogen) atoms. The van der Waals surface area contributed by atoms with Crippen molar-refractivity contribution in [3.8, 4) is 5.75 Å². The van der Waals surface area contributed by atoms with Crippen LogP contribution in [0.4, 0.5) is 0 Å². The molecule has 0 aliphatic heterocycles. The van der Waals surface area contributed by atoms with Gasteiger partial charge in [0.1, 0.15) is 5.75 Å². The number of H-pyrrole nitrogens is 1. The van der Waals surface area contributed by atoms with E-state index in [4.69, 9.17) is 4.74 Å². The van der Waals surface area contributed by atoms with E-state index < -0.39 is 0 Å². The summed E-state index contributed by atoms with van der Waals surface area (Å²) in [5.74, 6) is 0.686. The zero-order valence-electron chi connectivity index (χ0n) is 9.13. The zero-order chi connectivity index (χ0) is 11.7. The zero-order valence-corrected chi connectivity index (χ0v) is 10.7. The molecule has 1 aromatic carbocycles. The van der Waals surface area contributed by atoms with Gasteiger partial charge < -0.3 is 9.72 Å². The van der Waals surface area contributed by atoms with E-state index >= 15 is 0 Å². The number of aromatic nitrogens is 1. The number of hydrogen-bond acceptors (Lipinski definition) is 2. The number of pyridine rings is 1. The first-order chi connectivity index (χ1) is 7.67. The standard InChI is InChI=1S/C12H12BrNO2/c1-3-7-6-9(15)11-8(13)4-5-10(16-2)12(11)14-7/h4-6H,3H2,1-2H3,(H,14,15). The van der Waals surface area contributed by atoms with Gasteiger partial charge in [-0.25, -0.2) is 0 Å². The van der Waals surface area contributed by atoms with Crippen LogP contribution in [0.15, 0.2) is 27.5 Å². The van der Waals surface area contributed by atoms with Crippen LogP contribution in [0.5, 0.6) is 5.75 Å². The fourth-order valence-electron chi connectivity index (χ4n) is 1.71. The number of methoxy groups -OCH3 is 1. The summed E-state index contributed by atoms with van der Waals surface area (Å²) in [6, 6.07) is 5.29. The fourth-order valence-corrected chi connectivity index (χ4v) is 2.24. The fraction of sp³-hybridized carbons (Fsp3) is 0.250. The Kier molecular flexibility index (Phi) is 3.01. The smallest absolute Gasteiger partial charge is 0.190 e. The summed E-state index contributed by atoms with van der Waals surface area (Å²) in [5.41, 5.74) is 1.67. The number of nitrogens with one attached hydrogen (secondary N) is 1. The predicted molar refractivity (Wildman–Crippen MR) is 68.2 cm³/mol. The van der Waals surface area contributed by atoms with Crippen molar-refractivity contribution in [2.24, 2.45) is 0 Å². The van der Waals surface area contributed by atoms with Crippen molar-refractivity contribution >= 4 is 26.8 Å². The van der Waals surface area contributed by atoms with Crippen LogP contribution >= 0.6 is 15.9 Å². The molecule has 0 aliphatic carbocycles. The molecule has 0 saturated carbocycles. The Bertz CT molecular complexity index is 589. The molecule has 2 rings (SSSR count). The lowest BCUT2D eigenvalue weighted by molar-refractivity contribution is 0.418. The Balaban J connectivity index is 2.93. The summed E-state index contributed by atoms with van der Waals surface area (Å²) in [7, 11) is 1.60. The summed E-state index contributed by atoms with van der Waals surface area (Å²) in [5, 5.41) is 0.636. The molecule has 0 fully saturated rings. The topological polar surface area (TPSA) is 42.1 Å². The van der Waals surface area contributed by atoms with Crippen LogP contribution in [0.3, 0.4) is 0 Å². The van der Waals surface area contributed by atoms with Crippen LogP contribution in [0.2, 0.25) is 0 Å². The van der Waals surface area contributed by atoms with Crippen molar-refractivity contribution in [3.63, 3.8) is 0 Å². The Labute approximate surface area is 102 Å². The van der Waals surface area contributed by atoms with Gasteiger partial charge in [-0.3, -0.25) is 4.79 Å². The van der Waals surface area contributed by atoms with Crippen LogP contribution in [0, 0.1) is 0 Å². The number of aromatic amines is 1. The highest BCUT2D eigenvalue weighted by Crippen LogP contribution is 2.27. The Morgan fingerprint density at radius 2 is 2.19 bits per heavy atom. The SMILES string of the molecule is CCc1cc(=O)c2c(Br)ccc(OC)c2[nH]1. The summed E-state index contributed by atoms with van der Waals surface area (Å²) in [6.07, 6.45) is 0.793. The molecule has 1 aromatic heterocycles. The highest BCUT2D eigenvalue weighted by molar-refractivity contribution is 9.10. The van der Waals surface area contributed by atoms with Gasteiger partial charge >= 0.3 is 0 Å². The maximum atomic E-state index is 11.9. The Morgan fingerprint density at radius 3 is 2.81 bits per heavy atom. The first-order valence-corrected chi connectivity index (χ1v) is 5.85. The van der Waals surface area contributed by atoms with Gasteiger partial charge in [-0.05, 0) is 34.5 Å². The molecule has 0 unspecified atom stereocenters. The monoisotopic (exact) mass is 281 g/mol. The minimum atomic E-state index is 0.0105. The molecule has 4 heteroatoms. The van der Waals surface area contributed by atoms with Crippen molar-refractivity contribution in [2.45, 2.75) is 13.3 Å². The number of ether oxygens (including phenoxy) is 1. The Morgan fingerprint density at radius 1 is 1.44 bits per heavy atom. The highest BCUT2D eigenvalue weighted by atomic mass is 79.9. The highest BCUT2D eigenvalue weighted by Gasteiger charge is 2.09. The average molecular weight is 282 g/mol. The number of aryl methyl sites for hydroxylation is 1. The van der Waals surface area contributed by atoms with Gasteiger partial charge in [0.2, 0.25) is 0 Å². The molecule has 1 heterocycles. The molecule has 0 aliphatic rings. The van der Waals surface area contributed by atoms with Gasteiger partial charge in [0, 0.05) is 16.2 Å². The van der Waals surface area contributed by atoms with E-state index in [9.17, 15) is 4.79 Å². The van der Waals surface area contributed by atoms with E-state index in [1.807, 2.05) is 19.1 Å². The first-order valence-electron chi connectivity index (χ1n) is 5.05. The molecule has 0 radical (unpaired) electrons. The summed E-state index contributed by atoms with van der Waals surface area (Å²) in [6.45, 7) is 2.00. The molecular weight excluding hydrogens is 270 g/mol. The lowest BCUT2D eigenvalue weighted by Gasteiger charge is -2.08. The Hall–Kier alpha value is -1.29.